The number of rotatable bonds is 4. The van der Waals surface area contributed by atoms with Crippen LogP contribution in [0.25, 0.3) is 0 Å². The van der Waals surface area contributed by atoms with Crippen molar-refractivity contribution < 1.29 is 4.79 Å². The first-order chi connectivity index (χ1) is 9.58. The molecule has 0 heterocycles. The SMILES string of the molecule is CN(C(=O)Cc1ccccc1)c1cccc(C(N)=S)c1. The number of nitrogens with two attached hydrogens (primary N) is 1. The zero-order valence-electron chi connectivity index (χ0n) is 11.2. The van der Waals surface area contributed by atoms with Gasteiger partial charge in [0.25, 0.3) is 0 Å². The average molecular weight is 284 g/mol. The Morgan fingerprint density at radius 2 is 1.85 bits per heavy atom. The van der Waals surface area contributed by atoms with Crippen molar-refractivity contribution >= 4 is 28.8 Å². The summed E-state index contributed by atoms with van der Waals surface area (Å²) in [5, 5.41) is 0. The number of benzene rings is 2. The first kappa shape index (κ1) is 14.2. The largest absolute Gasteiger partial charge is 0.389 e. The highest BCUT2D eigenvalue weighted by atomic mass is 32.1. The highest BCUT2D eigenvalue weighted by Crippen LogP contribution is 2.16. The summed E-state index contributed by atoms with van der Waals surface area (Å²) < 4.78 is 0. The van der Waals surface area contributed by atoms with Crippen molar-refractivity contribution in [3.8, 4) is 0 Å². The topological polar surface area (TPSA) is 46.3 Å². The minimum atomic E-state index is 0.0243. The van der Waals surface area contributed by atoms with Crippen molar-refractivity contribution in [2.75, 3.05) is 11.9 Å². The lowest BCUT2D eigenvalue weighted by Gasteiger charge is -2.18. The van der Waals surface area contributed by atoms with Gasteiger partial charge in [-0.1, -0.05) is 54.7 Å². The molecule has 2 aromatic rings. The lowest BCUT2D eigenvalue weighted by Crippen LogP contribution is -2.28. The molecule has 0 unspecified atom stereocenters. The van der Waals surface area contributed by atoms with Gasteiger partial charge < -0.3 is 10.6 Å². The fraction of sp³-hybridized carbons (Fsp3) is 0.125. The zero-order chi connectivity index (χ0) is 14.5. The summed E-state index contributed by atoms with van der Waals surface area (Å²) in [5.74, 6) is 0.0243. The Balaban J connectivity index is 2.14. The summed E-state index contributed by atoms with van der Waals surface area (Å²) in [7, 11) is 1.75. The Morgan fingerprint density at radius 3 is 2.50 bits per heavy atom. The smallest absolute Gasteiger partial charge is 0.231 e. The van der Waals surface area contributed by atoms with Crippen LogP contribution in [0.2, 0.25) is 0 Å². The molecule has 102 valence electrons. The molecule has 0 spiro atoms. The molecule has 2 N–H and O–H groups in total. The van der Waals surface area contributed by atoms with Gasteiger partial charge in [-0.3, -0.25) is 4.79 Å². The number of carbonyl (C=O) groups is 1. The predicted molar refractivity (Wildman–Crippen MR) is 85.9 cm³/mol. The van der Waals surface area contributed by atoms with Crippen molar-refractivity contribution in [1.29, 1.82) is 0 Å². The summed E-state index contributed by atoms with van der Waals surface area (Å²) >= 11 is 4.95. The van der Waals surface area contributed by atoms with E-state index in [1.165, 1.54) is 0 Å². The molecule has 4 heteroatoms. The fourth-order valence-electron chi connectivity index (χ4n) is 1.90. The molecule has 3 nitrogen and oxygen atoms in total. The second-order valence-electron chi connectivity index (χ2n) is 4.53. The third-order valence-electron chi connectivity index (χ3n) is 3.09. The predicted octanol–water partition coefficient (Wildman–Crippen LogP) is 2.53. The van der Waals surface area contributed by atoms with Crippen LogP contribution < -0.4 is 10.6 Å². The third kappa shape index (κ3) is 3.42. The highest BCUT2D eigenvalue weighted by Gasteiger charge is 2.12. The van der Waals surface area contributed by atoms with Gasteiger partial charge in [0.2, 0.25) is 5.91 Å². The molecule has 1 amide bonds. The molecule has 0 saturated heterocycles. The van der Waals surface area contributed by atoms with Gasteiger partial charge in [-0.05, 0) is 17.7 Å². The monoisotopic (exact) mass is 284 g/mol. The van der Waals surface area contributed by atoms with Crippen LogP contribution in [0.15, 0.2) is 54.6 Å². The number of amides is 1. The number of anilines is 1. The molecule has 20 heavy (non-hydrogen) atoms. The maximum Gasteiger partial charge on any atom is 0.231 e. The van der Waals surface area contributed by atoms with Gasteiger partial charge >= 0.3 is 0 Å². The molecule has 0 aliphatic rings. The van der Waals surface area contributed by atoms with E-state index in [4.69, 9.17) is 18.0 Å². The molecule has 0 atom stereocenters. The maximum atomic E-state index is 12.3. The standard InChI is InChI=1S/C16H16N2OS/c1-18(14-9-5-8-13(11-14)16(17)20)15(19)10-12-6-3-2-4-7-12/h2-9,11H,10H2,1H3,(H2,17,20). The summed E-state index contributed by atoms with van der Waals surface area (Å²) in [4.78, 5) is 14.2. The van der Waals surface area contributed by atoms with Crippen LogP contribution in [0.1, 0.15) is 11.1 Å². The van der Waals surface area contributed by atoms with E-state index >= 15 is 0 Å². The van der Waals surface area contributed by atoms with Crippen molar-refractivity contribution in [2.45, 2.75) is 6.42 Å². The second-order valence-corrected chi connectivity index (χ2v) is 4.97. The second kappa shape index (κ2) is 6.30. The van der Waals surface area contributed by atoms with Gasteiger partial charge in [0.05, 0.1) is 6.42 Å². The summed E-state index contributed by atoms with van der Waals surface area (Å²) in [5.41, 5.74) is 8.15. The molecule has 0 aliphatic heterocycles. The quantitative estimate of drug-likeness (QED) is 0.878. The molecule has 0 aromatic heterocycles. The van der Waals surface area contributed by atoms with Crippen LogP contribution in [0.5, 0.6) is 0 Å². The van der Waals surface area contributed by atoms with Gasteiger partial charge in [0.15, 0.2) is 0 Å². The van der Waals surface area contributed by atoms with Crippen LogP contribution in [0, 0.1) is 0 Å². The van der Waals surface area contributed by atoms with E-state index in [1.807, 2.05) is 54.6 Å². The van der Waals surface area contributed by atoms with Crippen LogP contribution in [-0.4, -0.2) is 17.9 Å². The number of hydrogen-bond acceptors (Lipinski definition) is 2. The molecule has 0 aliphatic carbocycles. The zero-order valence-corrected chi connectivity index (χ0v) is 12.1. The van der Waals surface area contributed by atoms with E-state index < -0.39 is 0 Å². The van der Waals surface area contributed by atoms with E-state index in [2.05, 4.69) is 0 Å². The summed E-state index contributed by atoms with van der Waals surface area (Å²) in [6.45, 7) is 0. The van der Waals surface area contributed by atoms with Crippen molar-refractivity contribution in [3.63, 3.8) is 0 Å². The Bertz CT molecular complexity index is 625. The molecular formula is C16H16N2OS. The number of carbonyl (C=O) groups excluding carboxylic acids is 1. The maximum absolute atomic E-state index is 12.3. The van der Waals surface area contributed by atoms with E-state index in [1.54, 1.807) is 11.9 Å². The van der Waals surface area contributed by atoms with E-state index in [0.29, 0.717) is 11.4 Å². The van der Waals surface area contributed by atoms with Gasteiger partial charge in [-0.25, -0.2) is 0 Å². The molecule has 0 fully saturated rings. The number of thiocarbonyl (C=S) groups is 1. The lowest BCUT2D eigenvalue weighted by atomic mass is 10.1. The number of likely N-dealkylation sites (N-methyl/N-ethyl adjacent to an activating group) is 1. The first-order valence-corrected chi connectivity index (χ1v) is 6.69. The number of nitrogens with zero attached hydrogens (tertiary/aromatic N) is 1. The van der Waals surface area contributed by atoms with E-state index in [9.17, 15) is 4.79 Å². The molecule has 0 saturated carbocycles. The van der Waals surface area contributed by atoms with Crippen molar-refractivity contribution in [1.82, 2.24) is 0 Å². The third-order valence-corrected chi connectivity index (χ3v) is 3.33. The Kier molecular flexibility index (Phi) is 4.48. The van der Waals surface area contributed by atoms with Gasteiger partial charge in [-0.15, -0.1) is 0 Å². The Morgan fingerprint density at radius 1 is 1.15 bits per heavy atom. The molecule has 0 bridgehead atoms. The lowest BCUT2D eigenvalue weighted by molar-refractivity contribution is -0.117. The Hall–Kier alpha value is -2.20. The van der Waals surface area contributed by atoms with Gasteiger partial charge in [0, 0.05) is 18.3 Å². The van der Waals surface area contributed by atoms with Crippen LogP contribution >= 0.6 is 12.2 Å². The molecular weight excluding hydrogens is 268 g/mol. The minimum Gasteiger partial charge on any atom is -0.389 e. The fourth-order valence-corrected chi connectivity index (χ4v) is 2.03. The average Bonchev–Trinajstić information content (AvgIpc) is 2.47. The highest BCUT2D eigenvalue weighted by molar-refractivity contribution is 7.80. The normalized spacial score (nSPS) is 10.1. The first-order valence-electron chi connectivity index (χ1n) is 6.28. The van der Waals surface area contributed by atoms with Crippen LogP contribution in [0.3, 0.4) is 0 Å². The molecule has 2 aromatic carbocycles. The van der Waals surface area contributed by atoms with Crippen LogP contribution in [0.4, 0.5) is 5.69 Å². The summed E-state index contributed by atoms with van der Waals surface area (Å²) in [6.07, 6.45) is 0.370. The van der Waals surface area contributed by atoms with Crippen molar-refractivity contribution in [3.05, 3.63) is 65.7 Å². The Labute approximate surface area is 124 Å². The number of hydrogen-bond donors (Lipinski definition) is 1. The van der Waals surface area contributed by atoms with Gasteiger partial charge in [-0.2, -0.15) is 0 Å². The van der Waals surface area contributed by atoms with Crippen molar-refractivity contribution in [2.24, 2.45) is 5.73 Å². The molecule has 0 radical (unpaired) electrons. The summed E-state index contributed by atoms with van der Waals surface area (Å²) in [6, 6.07) is 17.0. The molecule has 2 rings (SSSR count). The van der Waals surface area contributed by atoms with Gasteiger partial charge in [0.1, 0.15) is 4.99 Å². The van der Waals surface area contributed by atoms with E-state index in [0.717, 1.165) is 16.8 Å². The van der Waals surface area contributed by atoms with Crippen LogP contribution in [-0.2, 0) is 11.2 Å². The minimum absolute atomic E-state index is 0.0243. The van der Waals surface area contributed by atoms with E-state index in [-0.39, 0.29) is 5.91 Å².